The summed E-state index contributed by atoms with van der Waals surface area (Å²) in [6.07, 6.45) is 0.155. The van der Waals surface area contributed by atoms with E-state index in [0.717, 1.165) is 16.3 Å². The van der Waals surface area contributed by atoms with E-state index >= 15 is 0 Å². The number of carbonyl (C=O) groups excluding carboxylic acids is 3. The van der Waals surface area contributed by atoms with Gasteiger partial charge in [0.05, 0.1) is 12.0 Å². The maximum atomic E-state index is 12.4. The van der Waals surface area contributed by atoms with Gasteiger partial charge in [-0.3, -0.25) is 25.2 Å². The van der Waals surface area contributed by atoms with E-state index in [2.05, 4.69) is 32.1 Å². The van der Waals surface area contributed by atoms with Crippen LogP contribution in [0.25, 0.3) is 10.8 Å². The van der Waals surface area contributed by atoms with Crippen LogP contribution in [0, 0.1) is 0 Å². The molecule has 1 atom stereocenters. The molecule has 3 amide bonds. The van der Waals surface area contributed by atoms with E-state index in [9.17, 15) is 14.4 Å². The van der Waals surface area contributed by atoms with Crippen LogP contribution in [-0.2, 0) is 16.0 Å². The van der Waals surface area contributed by atoms with Crippen molar-refractivity contribution in [1.82, 2.24) is 16.2 Å². The Labute approximate surface area is 176 Å². The monoisotopic (exact) mass is 453 g/mol. The van der Waals surface area contributed by atoms with E-state index in [-0.39, 0.29) is 12.3 Å². The molecule has 0 aliphatic carbocycles. The summed E-state index contributed by atoms with van der Waals surface area (Å²) in [6, 6.07) is 19.7. The summed E-state index contributed by atoms with van der Waals surface area (Å²) in [5.74, 6) is -1.25. The molecule has 148 valence electrons. The number of amides is 3. The van der Waals surface area contributed by atoms with Crippen LogP contribution >= 0.6 is 15.9 Å². The van der Waals surface area contributed by atoms with Crippen molar-refractivity contribution in [3.05, 3.63) is 82.3 Å². The molecule has 3 N–H and O–H groups in total. The summed E-state index contributed by atoms with van der Waals surface area (Å²) in [5, 5.41) is 4.71. The van der Waals surface area contributed by atoms with Crippen molar-refractivity contribution in [2.45, 2.75) is 19.4 Å². The molecule has 0 spiro atoms. The van der Waals surface area contributed by atoms with E-state index in [0.29, 0.717) is 10.0 Å². The molecule has 0 aromatic heterocycles. The maximum Gasteiger partial charge on any atom is 0.270 e. The van der Waals surface area contributed by atoms with Gasteiger partial charge in [-0.05, 0) is 51.3 Å². The molecule has 0 saturated heterocycles. The molecule has 29 heavy (non-hydrogen) atoms. The third-order valence-electron chi connectivity index (χ3n) is 4.42. The van der Waals surface area contributed by atoms with Gasteiger partial charge < -0.3 is 5.32 Å². The van der Waals surface area contributed by atoms with E-state index in [1.165, 1.54) is 0 Å². The van der Waals surface area contributed by atoms with Crippen LogP contribution in [0.4, 0.5) is 0 Å². The van der Waals surface area contributed by atoms with Crippen LogP contribution in [-0.4, -0.2) is 23.8 Å². The molecule has 0 fully saturated rings. The molecule has 0 aliphatic heterocycles. The second-order valence-electron chi connectivity index (χ2n) is 6.53. The maximum absolute atomic E-state index is 12.4. The number of hydrogen-bond acceptors (Lipinski definition) is 3. The topological polar surface area (TPSA) is 87.3 Å². The highest BCUT2D eigenvalue weighted by Crippen LogP contribution is 2.19. The van der Waals surface area contributed by atoms with E-state index in [4.69, 9.17) is 0 Å². The van der Waals surface area contributed by atoms with E-state index < -0.39 is 17.9 Å². The Hall–Kier alpha value is -3.19. The minimum atomic E-state index is -0.808. The molecule has 0 heterocycles. The van der Waals surface area contributed by atoms with Crippen LogP contribution in [0.15, 0.2) is 71.2 Å². The standard InChI is InChI=1S/C22H20BrN3O3/c1-14(21(28)25-26-22(29)18-11-4-5-12-19(18)23)24-20(27)13-16-9-6-8-15-7-2-3-10-17(15)16/h2-12,14H,13H2,1H3,(H,24,27)(H,25,28)(H,26,29)/t14-/m0/s1. The Morgan fingerprint density at radius 3 is 2.38 bits per heavy atom. The fourth-order valence-electron chi connectivity index (χ4n) is 2.92. The molecule has 0 bridgehead atoms. The van der Waals surface area contributed by atoms with Crippen LogP contribution in [0.1, 0.15) is 22.8 Å². The molecule has 0 aliphatic rings. The third kappa shape index (κ3) is 5.20. The Morgan fingerprint density at radius 2 is 1.59 bits per heavy atom. The molecule has 0 saturated carbocycles. The first-order valence-electron chi connectivity index (χ1n) is 9.06. The van der Waals surface area contributed by atoms with Crippen LogP contribution in [0.3, 0.4) is 0 Å². The van der Waals surface area contributed by atoms with Gasteiger partial charge in [0, 0.05) is 4.47 Å². The molecule has 3 rings (SSSR count). The first-order valence-corrected chi connectivity index (χ1v) is 9.85. The summed E-state index contributed by atoms with van der Waals surface area (Å²) < 4.78 is 0.614. The lowest BCUT2D eigenvalue weighted by Gasteiger charge is -2.15. The Kier molecular flexibility index (Phi) is 6.61. The quantitative estimate of drug-likeness (QED) is 0.518. The number of halogens is 1. The van der Waals surface area contributed by atoms with Gasteiger partial charge in [0.15, 0.2) is 0 Å². The van der Waals surface area contributed by atoms with Crippen molar-refractivity contribution in [2.24, 2.45) is 0 Å². The fourth-order valence-corrected chi connectivity index (χ4v) is 3.38. The minimum absolute atomic E-state index is 0.155. The van der Waals surface area contributed by atoms with E-state index in [1.54, 1.807) is 31.2 Å². The second-order valence-corrected chi connectivity index (χ2v) is 7.38. The lowest BCUT2D eigenvalue weighted by atomic mass is 10.0. The smallest absolute Gasteiger partial charge is 0.270 e. The predicted molar refractivity (Wildman–Crippen MR) is 115 cm³/mol. The molecule has 3 aromatic carbocycles. The first kappa shape index (κ1) is 20.5. The van der Waals surface area contributed by atoms with Crippen LogP contribution < -0.4 is 16.2 Å². The summed E-state index contributed by atoms with van der Waals surface area (Å²) in [7, 11) is 0. The van der Waals surface area contributed by atoms with Gasteiger partial charge in [-0.2, -0.15) is 0 Å². The average molecular weight is 454 g/mol. The van der Waals surface area contributed by atoms with Gasteiger partial charge in [0.2, 0.25) is 5.91 Å². The first-order chi connectivity index (χ1) is 14.0. The lowest BCUT2D eigenvalue weighted by molar-refractivity contribution is -0.128. The van der Waals surface area contributed by atoms with Crippen molar-refractivity contribution in [2.75, 3.05) is 0 Å². The third-order valence-corrected chi connectivity index (χ3v) is 5.11. The Balaban J connectivity index is 1.54. The van der Waals surface area contributed by atoms with Gasteiger partial charge in [-0.15, -0.1) is 0 Å². The number of nitrogens with one attached hydrogen (secondary N) is 3. The summed E-state index contributed by atoms with van der Waals surface area (Å²) >= 11 is 3.28. The lowest BCUT2D eigenvalue weighted by Crippen LogP contribution is -2.51. The van der Waals surface area contributed by atoms with Crippen molar-refractivity contribution < 1.29 is 14.4 Å². The number of fused-ring (bicyclic) bond motifs is 1. The summed E-state index contributed by atoms with van der Waals surface area (Å²) in [5.41, 5.74) is 5.95. The van der Waals surface area contributed by atoms with Crippen LogP contribution in [0.2, 0.25) is 0 Å². The number of rotatable bonds is 5. The van der Waals surface area contributed by atoms with Crippen LogP contribution in [0.5, 0.6) is 0 Å². The fraction of sp³-hybridized carbons (Fsp3) is 0.136. The zero-order chi connectivity index (χ0) is 20.8. The highest BCUT2D eigenvalue weighted by Gasteiger charge is 2.18. The Morgan fingerprint density at radius 1 is 0.897 bits per heavy atom. The number of hydrazine groups is 1. The highest BCUT2D eigenvalue weighted by molar-refractivity contribution is 9.10. The molecule has 6 nitrogen and oxygen atoms in total. The SMILES string of the molecule is C[C@H](NC(=O)Cc1cccc2ccccc12)C(=O)NNC(=O)c1ccccc1Br. The molecular formula is C22H20BrN3O3. The number of benzene rings is 3. The van der Waals surface area contributed by atoms with Gasteiger partial charge in [0.25, 0.3) is 11.8 Å². The zero-order valence-corrected chi connectivity index (χ0v) is 17.3. The average Bonchev–Trinajstić information content (AvgIpc) is 2.72. The zero-order valence-electron chi connectivity index (χ0n) is 15.7. The molecule has 0 unspecified atom stereocenters. The number of hydrogen-bond donors (Lipinski definition) is 3. The van der Waals surface area contributed by atoms with Crippen molar-refractivity contribution in [3.63, 3.8) is 0 Å². The molecule has 3 aromatic rings. The largest absolute Gasteiger partial charge is 0.344 e. The second kappa shape index (κ2) is 9.34. The normalized spacial score (nSPS) is 11.5. The molecular weight excluding hydrogens is 434 g/mol. The van der Waals surface area contributed by atoms with Gasteiger partial charge in [-0.1, -0.05) is 54.6 Å². The predicted octanol–water partition coefficient (Wildman–Crippen LogP) is 3.11. The molecule has 7 heteroatoms. The van der Waals surface area contributed by atoms with Gasteiger partial charge >= 0.3 is 0 Å². The highest BCUT2D eigenvalue weighted by atomic mass is 79.9. The van der Waals surface area contributed by atoms with Gasteiger partial charge in [-0.25, -0.2) is 0 Å². The number of carbonyl (C=O) groups is 3. The summed E-state index contributed by atoms with van der Waals surface area (Å²) in [4.78, 5) is 36.7. The minimum Gasteiger partial charge on any atom is -0.344 e. The Bertz CT molecular complexity index is 1060. The van der Waals surface area contributed by atoms with Crippen molar-refractivity contribution in [3.8, 4) is 0 Å². The van der Waals surface area contributed by atoms with Crippen molar-refractivity contribution in [1.29, 1.82) is 0 Å². The molecule has 0 radical (unpaired) electrons. The van der Waals surface area contributed by atoms with Gasteiger partial charge in [0.1, 0.15) is 6.04 Å². The van der Waals surface area contributed by atoms with Crippen molar-refractivity contribution >= 4 is 44.4 Å². The van der Waals surface area contributed by atoms with E-state index in [1.807, 2.05) is 42.5 Å². The summed E-state index contributed by atoms with van der Waals surface area (Å²) in [6.45, 7) is 1.56.